The number of rotatable bonds is 5. The normalized spacial score (nSPS) is 12.0. The Kier molecular flexibility index (Phi) is 10.2. The zero-order valence-electron chi connectivity index (χ0n) is 42.9. The van der Waals surface area contributed by atoms with E-state index in [0.29, 0.717) is 17.5 Å². The molecule has 17 rings (SSSR count). The Morgan fingerprint density at radius 3 is 1.58 bits per heavy atom. The highest BCUT2D eigenvalue weighted by atomic mass is 15.0. The topological polar surface area (TPSA) is 48.5 Å². The summed E-state index contributed by atoms with van der Waals surface area (Å²) in [5, 5.41) is 14.8. The Bertz CT molecular complexity index is 5050. The first-order valence-corrected chi connectivity index (χ1v) is 27.1. The van der Waals surface area contributed by atoms with Crippen LogP contribution in [0, 0.1) is 0 Å². The van der Waals surface area contributed by atoms with Gasteiger partial charge in [-0.25, -0.2) is 15.0 Å². The van der Waals surface area contributed by atoms with Crippen LogP contribution in [0.15, 0.2) is 273 Å². The van der Waals surface area contributed by atoms with Gasteiger partial charge in [0.1, 0.15) is 0 Å². The second-order valence-electron chi connectivity index (χ2n) is 20.7. The summed E-state index contributed by atoms with van der Waals surface area (Å²) in [5.41, 5.74) is 15.5. The van der Waals surface area contributed by atoms with Gasteiger partial charge in [-0.15, -0.1) is 0 Å². The van der Waals surface area contributed by atoms with Crippen LogP contribution in [0.3, 0.4) is 0 Å². The van der Waals surface area contributed by atoms with Gasteiger partial charge >= 0.3 is 0 Å². The molecule has 5 heteroatoms. The van der Waals surface area contributed by atoms with E-state index in [4.69, 9.17) is 15.0 Å². The maximum absolute atomic E-state index is 5.14. The molecule has 0 radical (unpaired) electrons. The van der Waals surface area contributed by atoms with Gasteiger partial charge in [0.2, 0.25) is 0 Å². The van der Waals surface area contributed by atoms with Crippen molar-refractivity contribution in [2.75, 3.05) is 0 Å². The van der Waals surface area contributed by atoms with E-state index >= 15 is 0 Å². The third-order valence-electron chi connectivity index (χ3n) is 16.2. The van der Waals surface area contributed by atoms with E-state index in [2.05, 4.69) is 246 Å². The number of aromatic nitrogens is 5. The molecule has 0 atom stereocenters. The average molecular weight is 1010 g/mol. The summed E-state index contributed by atoms with van der Waals surface area (Å²) in [5.74, 6) is 1.92. The van der Waals surface area contributed by atoms with Gasteiger partial charge in [0.25, 0.3) is 0 Å². The minimum Gasteiger partial charge on any atom is -0.309 e. The highest BCUT2D eigenvalue weighted by Crippen LogP contribution is 2.44. The Labute approximate surface area is 455 Å². The second kappa shape index (κ2) is 18.1. The predicted molar refractivity (Wildman–Crippen MR) is 330 cm³/mol. The molecule has 0 N–H and O–H groups in total. The molecule has 0 aliphatic heterocycles. The van der Waals surface area contributed by atoms with E-state index in [1.54, 1.807) is 0 Å². The Balaban J connectivity index is 0.000000259. The van der Waals surface area contributed by atoms with Crippen LogP contribution in [-0.4, -0.2) is 24.1 Å². The molecule has 0 unspecified atom stereocenters. The lowest BCUT2D eigenvalue weighted by Crippen LogP contribution is -2.01. The van der Waals surface area contributed by atoms with Gasteiger partial charge < -0.3 is 9.13 Å². The van der Waals surface area contributed by atoms with Crippen molar-refractivity contribution in [1.29, 1.82) is 0 Å². The molecule has 16 aromatic rings. The Hall–Kier alpha value is -10.5. The molecular weight excluding hydrogens is 959 g/mol. The monoisotopic (exact) mass is 1010 g/mol. The quantitative estimate of drug-likeness (QED) is 0.173. The molecule has 5 nitrogen and oxygen atoms in total. The smallest absolute Gasteiger partial charge is 0.164 e. The zero-order valence-corrected chi connectivity index (χ0v) is 42.9. The number of para-hydroxylation sites is 1. The van der Waals surface area contributed by atoms with Crippen molar-refractivity contribution in [1.82, 2.24) is 24.1 Å². The Morgan fingerprint density at radius 1 is 0.278 bits per heavy atom. The van der Waals surface area contributed by atoms with Gasteiger partial charge in [-0.1, -0.05) is 218 Å². The molecule has 0 saturated heterocycles. The van der Waals surface area contributed by atoms with Crippen molar-refractivity contribution >= 4 is 86.7 Å². The fourth-order valence-electron chi connectivity index (χ4n) is 12.6. The minimum atomic E-state index is 0.636. The first kappa shape index (κ1) is 44.8. The molecule has 79 heavy (non-hydrogen) atoms. The van der Waals surface area contributed by atoms with Crippen LogP contribution >= 0.6 is 0 Å². The fraction of sp³-hybridized carbons (Fsp3) is 0.0135. The van der Waals surface area contributed by atoms with E-state index in [1.165, 1.54) is 87.1 Å². The van der Waals surface area contributed by atoms with Gasteiger partial charge in [0, 0.05) is 49.3 Å². The lowest BCUT2D eigenvalue weighted by molar-refractivity contribution is 1.08. The summed E-state index contributed by atoms with van der Waals surface area (Å²) in [6, 6.07) is 97.7. The molecule has 1 aliphatic carbocycles. The third kappa shape index (κ3) is 7.28. The molecule has 0 saturated carbocycles. The van der Waals surface area contributed by atoms with Crippen LogP contribution < -0.4 is 0 Å². The van der Waals surface area contributed by atoms with Crippen molar-refractivity contribution in [2.45, 2.75) is 6.42 Å². The maximum Gasteiger partial charge on any atom is 0.164 e. The van der Waals surface area contributed by atoms with Gasteiger partial charge in [-0.3, -0.25) is 0 Å². The van der Waals surface area contributed by atoms with E-state index in [1.807, 2.05) is 36.4 Å². The number of benzene rings is 13. The van der Waals surface area contributed by atoms with Crippen molar-refractivity contribution in [3.63, 3.8) is 0 Å². The average Bonchev–Trinajstić information content (AvgIpc) is 4.41. The summed E-state index contributed by atoms with van der Waals surface area (Å²) < 4.78 is 4.89. The van der Waals surface area contributed by atoms with Crippen LogP contribution in [0.1, 0.15) is 11.1 Å². The number of hydrogen-bond acceptors (Lipinski definition) is 3. The first-order chi connectivity index (χ1) is 39.2. The highest BCUT2D eigenvalue weighted by Gasteiger charge is 2.23. The van der Waals surface area contributed by atoms with Gasteiger partial charge in [-0.2, -0.15) is 0 Å². The molecule has 368 valence electrons. The molecule has 0 fully saturated rings. The van der Waals surface area contributed by atoms with E-state index in [0.717, 1.165) is 56.3 Å². The molecule has 1 aliphatic rings. The van der Waals surface area contributed by atoms with Crippen LogP contribution in [-0.2, 0) is 6.42 Å². The molecule has 0 spiro atoms. The van der Waals surface area contributed by atoms with Gasteiger partial charge in [0.05, 0.1) is 27.8 Å². The second-order valence-corrected chi connectivity index (χ2v) is 20.7. The van der Waals surface area contributed by atoms with Crippen LogP contribution in [0.2, 0.25) is 0 Å². The molecule has 3 aromatic heterocycles. The van der Waals surface area contributed by atoms with Crippen molar-refractivity contribution < 1.29 is 0 Å². The summed E-state index contributed by atoms with van der Waals surface area (Å²) in [4.78, 5) is 15.3. The van der Waals surface area contributed by atoms with Crippen molar-refractivity contribution in [3.8, 4) is 56.7 Å². The molecular formula is C74H47N5. The SMILES string of the molecule is c1ccc(-c2nc(-c3ccccc3)nc(-c3ccc(-n4c5ccc(-n6c7ccccc7c7c8ccccc8ccc76)cc5c5cc6ccccc6cc54)c4ccccc34)n2)cc1.c1ccc2c(c1)Cc1ccc3ccccc3c1-2. The van der Waals surface area contributed by atoms with Crippen molar-refractivity contribution in [3.05, 3.63) is 284 Å². The van der Waals surface area contributed by atoms with Crippen LogP contribution in [0.25, 0.3) is 143 Å². The highest BCUT2D eigenvalue weighted by molar-refractivity contribution is 6.22. The number of hydrogen-bond donors (Lipinski definition) is 0. The van der Waals surface area contributed by atoms with Crippen LogP contribution in [0.5, 0.6) is 0 Å². The fourth-order valence-corrected chi connectivity index (χ4v) is 12.6. The third-order valence-corrected chi connectivity index (χ3v) is 16.2. The summed E-state index contributed by atoms with van der Waals surface area (Å²) in [6.07, 6.45) is 1.08. The van der Waals surface area contributed by atoms with E-state index in [9.17, 15) is 0 Å². The zero-order chi connectivity index (χ0) is 52.0. The largest absolute Gasteiger partial charge is 0.309 e. The lowest BCUT2D eigenvalue weighted by atomic mass is 9.98. The molecule has 13 aromatic carbocycles. The molecule has 0 amide bonds. The maximum atomic E-state index is 5.14. The Morgan fingerprint density at radius 2 is 0.823 bits per heavy atom. The standard InChI is InChI=1S/C57H35N5.C17H12/c1-3-16-37(17-4-1)55-58-56(38-18-5-2-6-19-38)60-57(59-55)45-29-32-50(44-24-12-11-23-43(44)45)62-51-31-28-41(35-48(51)47-33-39-20-7-8-21-40(39)34-53(47)62)61-49-26-14-13-25-46(49)54-42-22-10-9-15-36(42)27-30-52(54)61;1-3-7-15-12(5-1)9-10-14-11-13-6-2-4-8-16(13)17(14)15/h1-35H;1-10H,11H2. The number of fused-ring (bicyclic) bond motifs is 15. The van der Waals surface area contributed by atoms with Crippen LogP contribution in [0.4, 0.5) is 0 Å². The molecule has 3 heterocycles. The van der Waals surface area contributed by atoms with E-state index in [-0.39, 0.29) is 0 Å². The van der Waals surface area contributed by atoms with Gasteiger partial charge in [0.15, 0.2) is 17.5 Å². The summed E-state index contributed by atoms with van der Waals surface area (Å²) in [6.45, 7) is 0. The van der Waals surface area contributed by atoms with E-state index < -0.39 is 0 Å². The summed E-state index contributed by atoms with van der Waals surface area (Å²) >= 11 is 0. The minimum absolute atomic E-state index is 0.636. The number of nitrogens with zero attached hydrogens (tertiary/aromatic N) is 5. The van der Waals surface area contributed by atoms with Gasteiger partial charge in [-0.05, 0) is 121 Å². The lowest BCUT2D eigenvalue weighted by Gasteiger charge is -2.15. The summed E-state index contributed by atoms with van der Waals surface area (Å²) in [7, 11) is 0. The molecule has 0 bridgehead atoms. The first-order valence-electron chi connectivity index (χ1n) is 27.1. The predicted octanol–water partition coefficient (Wildman–Crippen LogP) is 18.9. The van der Waals surface area contributed by atoms with Crippen molar-refractivity contribution in [2.24, 2.45) is 0 Å².